The number of ether oxygens (including phenoxy) is 2. The number of amides is 2. The molecule has 0 unspecified atom stereocenters. The van der Waals surface area contributed by atoms with Crippen LogP contribution in [0.15, 0.2) is 43.1 Å². The Morgan fingerprint density at radius 2 is 2.05 bits per heavy atom. The zero-order valence-electron chi connectivity index (χ0n) is 23.5. The molecule has 1 atom stereocenters. The number of hydrogen-bond donors (Lipinski definition) is 2. The third kappa shape index (κ3) is 5.16. The topological polar surface area (TPSA) is 137 Å². The number of hydrogen-bond acceptors (Lipinski definition) is 9. The molecule has 4 aromatic heterocycles. The number of imidazole rings is 1. The zero-order chi connectivity index (χ0) is 29.2. The van der Waals surface area contributed by atoms with Crippen molar-refractivity contribution in [3.05, 3.63) is 53.7 Å². The van der Waals surface area contributed by atoms with Crippen molar-refractivity contribution < 1.29 is 14.3 Å². The summed E-state index contributed by atoms with van der Waals surface area (Å²) in [5.74, 6) is 2.12. The minimum Gasteiger partial charge on any atom is -0.495 e. The number of carbonyl (C=O) groups is 1. The number of anilines is 2. The standard InChI is InChI=1S/C28H31ClN10O3/c1-4-39-26-20(13-33-39)24-19(12-31-26)27(36-35-25(24)30-11-17-7-8-22(42-3)21(29)10-17)37-14-23(32-16-37)34-28(40)38-9-5-6-18(38)15-41-2/h7-8,10,12-14,16,18H,4-6,9,11,15H2,1-3H3,(H,30,35)(H,34,40)/t18-/m1/s1. The van der Waals surface area contributed by atoms with E-state index in [1.54, 1.807) is 48.6 Å². The summed E-state index contributed by atoms with van der Waals surface area (Å²) in [5.41, 5.74) is 1.70. The van der Waals surface area contributed by atoms with Gasteiger partial charge in [-0.25, -0.2) is 19.4 Å². The highest BCUT2D eigenvalue weighted by atomic mass is 35.5. The first kappa shape index (κ1) is 27.7. The Balaban J connectivity index is 1.33. The van der Waals surface area contributed by atoms with Crippen molar-refractivity contribution >= 4 is 51.1 Å². The summed E-state index contributed by atoms with van der Waals surface area (Å²) in [6, 6.07) is 5.47. The van der Waals surface area contributed by atoms with Crippen molar-refractivity contribution in [1.29, 1.82) is 0 Å². The van der Waals surface area contributed by atoms with Crippen molar-refractivity contribution in [3.8, 4) is 11.6 Å². The number of aromatic nitrogens is 7. The number of fused-ring (bicyclic) bond motifs is 3. The maximum Gasteiger partial charge on any atom is 0.323 e. The number of rotatable bonds is 9. The van der Waals surface area contributed by atoms with Gasteiger partial charge in [-0.1, -0.05) is 17.7 Å². The van der Waals surface area contributed by atoms with E-state index in [2.05, 4.69) is 30.9 Å². The van der Waals surface area contributed by atoms with Crippen LogP contribution in [0, 0.1) is 0 Å². The van der Waals surface area contributed by atoms with Crippen LogP contribution in [0.4, 0.5) is 16.4 Å². The molecule has 0 bridgehead atoms. The van der Waals surface area contributed by atoms with Crippen molar-refractivity contribution in [2.75, 3.05) is 38.0 Å². The van der Waals surface area contributed by atoms with Crippen molar-refractivity contribution in [2.45, 2.75) is 38.9 Å². The Labute approximate surface area is 246 Å². The quantitative estimate of drug-likeness (QED) is 0.254. The summed E-state index contributed by atoms with van der Waals surface area (Å²) >= 11 is 6.34. The Morgan fingerprint density at radius 1 is 1.17 bits per heavy atom. The fourth-order valence-electron chi connectivity index (χ4n) is 5.36. The van der Waals surface area contributed by atoms with E-state index >= 15 is 0 Å². The number of pyridine rings is 1. The van der Waals surface area contributed by atoms with E-state index in [0.717, 1.165) is 40.2 Å². The van der Waals surface area contributed by atoms with E-state index in [1.807, 2.05) is 29.8 Å². The van der Waals surface area contributed by atoms with Gasteiger partial charge >= 0.3 is 6.03 Å². The van der Waals surface area contributed by atoms with Gasteiger partial charge in [-0.15, -0.1) is 10.2 Å². The average Bonchev–Trinajstić information content (AvgIpc) is 3.76. The fourth-order valence-corrected chi connectivity index (χ4v) is 5.64. The van der Waals surface area contributed by atoms with Crippen LogP contribution in [0.5, 0.6) is 5.75 Å². The highest BCUT2D eigenvalue weighted by Gasteiger charge is 2.29. The fraction of sp³-hybridized carbons (Fsp3) is 0.357. The molecular weight excluding hydrogens is 560 g/mol. The molecule has 0 aliphatic carbocycles. The van der Waals surface area contributed by atoms with Gasteiger partial charge in [0, 0.05) is 43.7 Å². The smallest absolute Gasteiger partial charge is 0.323 e. The predicted octanol–water partition coefficient (Wildman–Crippen LogP) is 4.50. The summed E-state index contributed by atoms with van der Waals surface area (Å²) in [6.07, 6.45) is 8.74. The third-order valence-corrected chi connectivity index (χ3v) is 7.72. The van der Waals surface area contributed by atoms with Crippen LogP contribution in [0.1, 0.15) is 25.3 Å². The van der Waals surface area contributed by atoms with Gasteiger partial charge in [0.25, 0.3) is 0 Å². The molecule has 5 heterocycles. The van der Waals surface area contributed by atoms with E-state index in [9.17, 15) is 4.79 Å². The van der Waals surface area contributed by atoms with Crippen molar-refractivity contribution in [2.24, 2.45) is 0 Å². The first-order chi connectivity index (χ1) is 20.5. The molecule has 1 aliphatic heterocycles. The number of nitrogens with zero attached hydrogens (tertiary/aromatic N) is 8. The molecule has 218 valence electrons. The van der Waals surface area contributed by atoms with Crippen molar-refractivity contribution in [3.63, 3.8) is 0 Å². The molecule has 0 saturated carbocycles. The number of benzene rings is 1. The number of aryl methyl sites for hydroxylation is 1. The predicted molar refractivity (Wildman–Crippen MR) is 159 cm³/mol. The van der Waals surface area contributed by atoms with Crippen LogP contribution in [0.3, 0.4) is 0 Å². The number of nitrogens with one attached hydrogen (secondary N) is 2. The maximum absolute atomic E-state index is 13.0. The third-order valence-electron chi connectivity index (χ3n) is 7.42. The van der Waals surface area contributed by atoms with Crippen LogP contribution in [-0.4, -0.2) is 78.9 Å². The Hall–Kier alpha value is -4.49. The van der Waals surface area contributed by atoms with Crippen LogP contribution < -0.4 is 15.4 Å². The lowest BCUT2D eigenvalue weighted by molar-refractivity contribution is 0.128. The number of halogens is 1. The lowest BCUT2D eigenvalue weighted by Gasteiger charge is -2.23. The molecule has 42 heavy (non-hydrogen) atoms. The largest absolute Gasteiger partial charge is 0.495 e. The Bertz CT molecular complexity index is 1750. The Kier molecular flexibility index (Phi) is 7.76. The molecule has 1 saturated heterocycles. The molecular formula is C28H31ClN10O3. The molecule has 2 amide bonds. The van der Waals surface area contributed by atoms with Gasteiger partial charge in [-0.3, -0.25) is 9.88 Å². The van der Waals surface area contributed by atoms with Crippen LogP contribution >= 0.6 is 11.6 Å². The average molecular weight is 591 g/mol. The van der Waals surface area contributed by atoms with Gasteiger partial charge in [0.1, 0.15) is 12.1 Å². The van der Waals surface area contributed by atoms with Crippen LogP contribution in [0.25, 0.3) is 27.6 Å². The monoisotopic (exact) mass is 590 g/mol. The molecule has 0 spiro atoms. The minimum atomic E-state index is -0.204. The maximum atomic E-state index is 13.0. The van der Waals surface area contributed by atoms with Gasteiger partial charge < -0.3 is 19.7 Å². The molecule has 5 aromatic rings. The van der Waals surface area contributed by atoms with Gasteiger partial charge in [0.2, 0.25) is 0 Å². The van der Waals surface area contributed by atoms with E-state index in [-0.39, 0.29) is 12.1 Å². The molecule has 2 N–H and O–H groups in total. The molecule has 1 aromatic carbocycles. The lowest BCUT2D eigenvalue weighted by atomic mass is 10.1. The summed E-state index contributed by atoms with van der Waals surface area (Å²) in [7, 11) is 3.23. The summed E-state index contributed by atoms with van der Waals surface area (Å²) in [5, 5.41) is 22.9. The first-order valence-electron chi connectivity index (χ1n) is 13.7. The molecule has 0 radical (unpaired) electrons. The lowest BCUT2D eigenvalue weighted by Crippen LogP contribution is -2.40. The number of carbonyl (C=O) groups excluding carboxylic acids is 1. The Morgan fingerprint density at radius 3 is 2.83 bits per heavy atom. The normalized spacial score (nSPS) is 15.0. The highest BCUT2D eigenvalue weighted by molar-refractivity contribution is 6.32. The van der Waals surface area contributed by atoms with Gasteiger partial charge in [0.15, 0.2) is 23.1 Å². The van der Waals surface area contributed by atoms with E-state index in [4.69, 9.17) is 26.1 Å². The van der Waals surface area contributed by atoms with E-state index in [1.165, 1.54) is 0 Å². The van der Waals surface area contributed by atoms with E-state index < -0.39 is 0 Å². The summed E-state index contributed by atoms with van der Waals surface area (Å²) < 4.78 is 14.1. The first-order valence-corrected chi connectivity index (χ1v) is 14.1. The second-order valence-corrected chi connectivity index (χ2v) is 10.4. The van der Waals surface area contributed by atoms with Gasteiger partial charge in [-0.05, 0) is 37.5 Å². The number of methoxy groups -OCH3 is 2. The second-order valence-electron chi connectivity index (χ2n) is 9.98. The minimum absolute atomic E-state index is 0.0541. The molecule has 1 fully saturated rings. The summed E-state index contributed by atoms with van der Waals surface area (Å²) in [4.78, 5) is 23.9. The number of likely N-dealkylation sites (tertiary alicyclic amines) is 1. The molecule has 14 heteroatoms. The van der Waals surface area contributed by atoms with Crippen molar-refractivity contribution in [1.82, 2.24) is 39.4 Å². The van der Waals surface area contributed by atoms with E-state index in [0.29, 0.717) is 54.5 Å². The highest BCUT2D eigenvalue weighted by Crippen LogP contribution is 2.32. The van der Waals surface area contributed by atoms with Gasteiger partial charge in [0.05, 0.1) is 42.6 Å². The van der Waals surface area contributed by atoms with Gasteiger partial charge in [-0.2, -0.15) is 5.10 Å². The zero-order valence-corrected chi connectivity index (χ0v) is 24.3. The second kappa shape index (κ2) is 11.8. The SMILES string of the molecule is CCn1ncc2c3c(NCc4ccc(OC)c(Cl)c4)nnc(-n4cnc(NC(=O)N5CCC[C@@H]5COC)c4)c3cnc21. The number of urea groups is 1. The van der Waals surface area contributed by atoms with Crippen LogP contribution in [-0.2, 0) is 17.8 Å². The molecule has 6 rings (SSSR count). The van der Waals surface area contributed by atoms with Crippen LogP contribution in [0.2, 0.25) is 5.02 Å². The summed E-state index contributed by atoms with van der Waals surface area (Å²) in [6.45, 7) is 4.34. The molecule has 1 aliphatic rings. The molecule has 13 nitrogen and oxygen atoms in total.